The number of morpholine rings is 1. The molecule has 2 aromatic carbocycles. The highest BCUT2D eigenvalue weighted by atomic mass is 32.2. The van der Waals surface area contributed by atoms with Gasteiger partial charge >= 0.3 is 0 Å². The van der Waals surface area contributed by atoms with E-state index in [-0.39, 0.29) is 23.0 Å². The molecule has 1 saturated heterocycles. The third kappa shape index (κ3) is 6.63. The molecule has 2 aromatic rings. The molecular weight excluding hydrogens is 438 g/mol. The van der Waals surface area contributed by atoms with Gasteiger partial charge in [-0.05, 0) is 56.3 Å². The van der Waals surface area contributed by atoms with Gasteiger partial charge in [0.25, 0.3) is 5.91 Å². The van der Waals surface area contributed by atoms with Crippen LogP contribution in [0.25, 0.3) is 0 Å². The summed E-state index contributed by atoms with van der Waals surface area (Å²) in [5.74, 6) is -0.303. The molecule has 7 nitrogen and oxygen atoms in total. The van der Waals surface area contributed by atoms with Gasteiger partial charge in [0.15, 0.2) is 0 Å². The zero-order chi connectivity index (χ0) is 24.0. The molecule has 1 amide bonds. The van der Waals surface area contributed by atoms with Crippen LogP contribution >= 0.6 is 0 Å². The van der Waals surface area contributed by atoms with E-state index in [1.54, 1.807) is 12.1 Å². The zero-order valence-electron chi connectivity index (χ0n) is 20.0. The molecule has 33 heavy (non-hydrogen) atoms. The summed E-state index contributed by atoms with van der Waals surface area (Å²) in [5, 5.41) is 2.89. The lowest BCUT2D eigenvalue weighted by Gasteiger charge is -2.34. The Morgan fingerprint density at radius 2 is 1.64 bits per heavy atom. The molecule has 0 aliphatic carbocycles. The fraction of sp³-hybridized carbons (Fsp3) is 0.480. The molecule has 0 saturated carbocycles. The van der Waals surface area contributed by atoms with Crippen molar-refractivity contribution in [2.24, 2.45) is 0 Å². The number of hydrogen-bond donors (Lipinski definition) is 1. The van der Waals surface area contributed by atoms with E-state index in [0.717, 1.165) is 25.2 Å². The lowest BCUT2D eigenvalue weighted by Crippen LogP contribution is -2.48. The van der Waals surface area contributed by atoms with Crippen LogP contribution in [0.5, 0.6) is 0 Å². The summed E-state index contributed by atoms with van der Waals surface area (Å²) in [7, 11) is -3.70. The van der Waals surface area contributed by atoms with Crippen LogP contribution in [0.1, 0.15) is 49.2 Å². The summed E-state index contributed by atoms with van der Waals surface area (Å²) >= 11 is 0. The monoisotopic (exact) mass is 473 g/mol. The van der Waals surface area contributed by atoms with Crippen molar-refractivity contribution in [3.8, 4) is 0 Å². The minimum absolute atomic E-state index is 0.122. The van der Waals surface area contributed by atoms with Gasteiger partial charge in [-0.2, -0.15) is 4.31 Å². The van der Waals surface area contributed by atoms with Gasteiger partial charge < -0.3 is 10.1 Å². The first-order chi connectivity index (χ1) is 15.7. The second-order valence-corrected chi connectivity index (χ2v) is 10.5. The van der Waals surface area contributed by atoms with E-state index in [2.05, 4.69) is 36.2 Å². The molecule has 0 aromatic heterocycles. The quantitative estimate of drug-likeness (QED) is 0.605. The first-order valence-electron chi connectivity index (χ1n) is 11.6. The Kier molecular flexibility index (Phi) is 8.64. The summed E-state index contributed by atoms with van der Waals surface area (Å²) in [4.78, 5) is 15.2. The number of benzene rings is 2. The molecule has 1 aliphatic heterocycles. The molecule has 1 fully saturated rings. The van der Waals surface area contributed by atoms with E-state index in [1.807, 2.05) is 26.0 Å². The maximum absolute atomic E-state index is 13.1. The molecule has 2 atom stereocenters. The highest BCUT2D eigenvalue weighted by molar-refractivity contribution is 7.89. The Labute approximate surface area is 197 Å². The molecule has 0 spiro atoms. The minimum atomic E-state index is -3.70. The molecule has 1 heterocycles. The van der Waals surface area contributed by atoms with Crippen molar-refractivity contribution in [1.29, 1.82) is 0 Å². The van der Waals surface area contributed by atoms with Crippen LogP contribution in [-0.2, 0) is 27.8 Å². The van der Waals surface area contributed by atoms with Gasteiger partial charge in [-0.25, -0.2) is 8.42 Å². The van der Waals surface area contributed by atoms with E-state index in [0.29, 0.717) is 25.2 Å². The molecular formula is C25H35N3O4S. The number of ether oxygens (including phenoxy) is 1. The fourth-order valence-electron chi connectivity index (χ4n) is 4.03. The number of rotatable bonds is 9. The summed E-state index contributed by atoms with van der Waals surface area (Å²) < 4.78 is 33.3. The highest BCUT2D eigenvalue weighted by Crippen LogP contribution is 2.22. The first-order valence-corrected chi connectivity index (χ1v) is 13.0. The van der Waals surface area contributed by atoms with E-state index >= 15 is 0 Å². The van der Waals surface area contributed by atoms with Gasteiger partial charge in [-0.15, -0.1) is 0 Å². The van der Waals surface area contributed by atoms with Crippen molar-refractivity contribution < 1.29 is 17.9 Å². The number of carbonyl (C=O) groups excluding carboxylic acids is 1. The van der Waals surface area contributed by atoms with Crippen molar-refractivity contribution in [3.05, 3.63) is 65.2 Å². The summed E-state index contributed by atoms with van der Waals surface area (Å²) in [6, 6.07) is 14.4. The predicted molar refractivity (Wildman–Crippen MR) is 129 cm³/mol. The van der Waals surface area contributed by atoms with E-state index in [9.17, 15) is 13.2 Å². The minimum Gasteiger partial charge on any atom is -0.373 e. The Hall–Kier alpha value is -2.26. The second kappa shape index (κ2) is 11.2. The van der Waals surface area contributed by atoms with Crippen LogP contribution in [0, 0.1) is 0 Å². The van der Waals surface area contributed by atoms with Gasteiger partial charge in [0.05, 0.1) is 17.1 Å². The average molecular weight is 474 g/mol. The van der Waals surface area contributed by atoms with Gasteiger partial charge in [0, 0.05) is 31.7 Å². The molecule has 8 heteroatoms. The van der Waals surface area contributed by atoms with Crippen LogP contribution in [0.3, 0.4) is 0 Å². The Morgan fingerprint density at radius 1 is 1.03 bits per heavy atom. The third-order valence-corrected chi connectivity index (χ3v) is 7.72. The Morgan fingerprint density at radius 3 is 2.24 bits per heavy atom. The van der Waals surface area contributed by atoms with Gasteiger partial charge in [0.2, 0.25) is 10.0 Å². The summed E-state index contributed by atoms with van der Waals surface area (Å²) in [6.45, 7) is 11.9. The van der Waals surface area contributed by atoms with Crippen molar-refractivity contribution in [2.45, 2.75) is 57.9 Å². The predicted octanol–water partition coefficient (Wildman–Crippen LogP) is 3.26. The third-order valence-electron chi connectivity index (χ3n) is 5.90. The number of sulfonamides is 1. The van der Waals surface area contributed by atoms with Crippen molar-refractivity contribution in [2.75, 3.05) is 26.2 Å². The zero-order valence-corrected chi connectivity index (χ0v) is 20.8. The molecule has 0 bridgehead atoms. The van der Waals surface area contributed by atoms with Crippen LogP contribution in [-0.4, -0.2) is 61.9 Å². The van der Waals surface area contributed by atoms with Crippen LogP contribution in [0.15, 0.2) is 53.4 Å². The number of nitrogens with one attached hydrogen (secondary N) is 1. The molecule has 1 N–H and O–H groups in total. The second-order valence-electron chi connectivity index (χ2n) is 8.57. The Balaban J connectivity index is 1.64. The largest absolute Gasteiger partial charge is 0.373 e. The van der Waals surface area contributed by atoms with Gasteiger partial charge in [-0.3, -0.25) is 9.69 Å². The number of nitrogens with zero attached hydrogens (tertiary/aromatic N) is 2. The fourth-order valence-corrected chi connectivity index (χ4v) is 5.66. The topological polar surface area (TPSA) is 79.0 Å². The number of hydrogen-bond acceptors (Lipinski definition) is 5. The first kappa shape index (κ1) is 25.4. The Bertz CT molecular complexity index is 1030. The molecule has 0 radical (unpaired) electrons. The maximum atomic E-state index is 13.1. The average Bonchev–Trinajstić information content (AvgIpc) is 2.81. The summed E-state index contributed by atoms with van der Waals surface area (Å²) in [5.41, 5.74) is 2.55. The molecule has 180 valence electrons. The van der Waals surface area contributed by atoms with Crippen molar-refractivity contribution in [1.82, 2.24) is 14.5 Å². The van der Waals surface area contributed by atoms with E-state index in [4.69, 9.17) is 4.74 Å². The summed E-state index contributed by atoms with van der Waals surface area (Å²) in [6.07, 6.45) is -0.346. The molecule has 3 rings (SSSR count). The highest BCUT2D eigenvalue weighted by Gasteiger charge is 2.32. The van der Waals surface area contributed by atoms with Gasteiger partial charge in [-0.1, -0.05) is 44.2 Å². The van der Waals surface area contributed by atoms with Crippen LogP contribution < -0.4 is 5.32 Å². The normalized spacial score (nSPS) is 19.5. The number of carbonyl (C=O) groups is 1. The van der Waals surface area contributed by atoms with E-state index in [1.165, 1.54) is 22.0 Å². The van der Waals surface area contributed by atoms with Crippen molar-refractivity contribution >= 4 is 15.9 Å². The lowest BCUT2D eigenvalue weighted by atomic mass is 10.1. The van der Waals surface area contributed by atoms with E-state index < -0.39 is 10.0 Å². The number of amides is 1. The van der Waals surface area contributed by atoms with Gasteiger partial charge in [0.1, 0.15) is 0 Å². The SMILES string of the molecule is CCN(CC)Cc1ccc(CNC(=O)c2cccc(S(=O)(=O)N3C[C@@H](C)O[C@H](C)C3)c2)cc1. The van der Waals surface area contributed by atoms with Crippen LogP contribution in [0.2, 0.25) is 0 Å². The standard InChI is InChI=1S/C25H35N3O4S/c1-5-27(6-2)18-22-12-10-21(11-13-22)15-26-25(29)23-8-7-9-24(14-23)33(30,31)28-16-19(3)32-20(4)17-28/h7-14,19-20H,5-6,15-18H2,1-4H3,(H,26,29)/t19-,20-/m1/s1. The smallest absolute Gasteiger partial charge is 0.251 e. The molecule has 0 unspecified atom stereocenters. The van der Waals surface area contributed by atoms with Crippen LogP contribution in [0.4, 0.5) is 0 Å². The lowest BCUT2D eigenvalue weighted by molar-refractivity contribution is -0.0440. The van der Waals surface area contributed by atoms with Crippen molar-refractivity contribution in [3.63, 3.8) is 0 Å². The molecule has 1 aliphatic rings. The maximum Gasteiger partial charge on any atom is 0.251 e.